The number of nitrogens with zero attached hydrogens (tertiary/aromatic N) is 3. The summed E-state index contributed by atoms with van der Waals surface area (Å²) in [6.07, 6.45) is 2.61. The lowest BCUT2D eigenvalue weighted by Crippen LogP contribution is -2.41. The van der Waals surface area contributed by atoms with E-state index in [-0.39, 0.29) is 19.4 Å². The number of likely N-dealkylation sites (N-methyl/N-ethyl adjacent to an activating group) is 1. The van der Waals surface area contributed by atoms with Crippen LogP contribution >= 0.6 is 0 Å². The molecule has 7 nitrogen and oxygen atoms in total. The molecule has 1 aliphatic carbocycles. The number of rotatable bonds is 3. The standard InChI is InChI=1S/C31H26N3O4/c1-30-20-31(2)22-12-8-10-14-24(22)33(19-29(37)38-34-27(35)17-18-28(34)36)26(31)16-6-4-5-15-25(30)32(3)23-13-9-7-11-21(23)30/h7-14,16H,17-20H2,1-3H3/q+1. The molecule has 0 radical (unpaired) electrons. The zero-order chi connectivity index (χ0) is 26.7. The molecule has 6 rings (SSSR count). The highest BCUT2D eigenvalue weighted by Crippen LogP contribution is 2.55. The Morgan fingerprint density at radius 2 is 1.66 bits per heavy atom. The van der Waals surface area contributed by atoms with Gasteiger partial charge in [-0.15, -0.1) is 5.06 Å². The highest BCUT2D eigenvalue weighted by Gasteiger charge is 2.55. The average Bonchev–Trinajstić information content (AvgIpc) is 3.42. The number of hydroxylamine groups is 2. The van der Waals surface area contributed by atoms with Gasteiger partial charge in [-0.3, -0.25) is 9.59 Å². The van der Waals surface area contributed by atoms with Crippen LogP contribution in [0.25, 0.3) is 0 Å². The number of carbonyl (C=O) groups excluding carboxylic acids is 3. The van der Waals surface area contributed by atoms with Gasteiger partial charge in [0.05, 0.1) is 17.2 Å². The molecule has 2 unspecified atom stereocenters. The molecule has 2 aromatic rings. The Balaban J connectivity index is 1.51. The second-order valence-corrected chi connectivity index (χ2v) is 10.5. The number of amides is 2. The Morgan fingerprint density at radius 1 is 0.974 bits per heavy atom. The van der Waals surface area contributed by atoms with Gasteiger partial charge < -0.3 is 9.74 Å². The monoisotopic (exact) mass is 504 g/mol. The van der Waals surface area contributed by atoms with Crippen molar-refractivity contribution in [3.63, 3.8) is 0 Å². The molecule has 1 fully saturated rings. The molecule has 0 spiro atoms. The predicted octanol–water partition coefficient (Wildman–Crippen LogP) is 3.97. The summed E-state index contributed by atoms with van der Waals surface area (Å²) >= 11 is 0. The number of hydrogen-bond donors (Lipinski definition) is 0. The predicted molar refractivity (Wildman–Crippen MR) is 140 cm³/mol. The van der Waals surface area contributed by atoms with Crippen LogP contribution in [-0.4, -0.2) is 46.7 Å². The minimum atomic E-state index is -0.692. The van der Waals surface area contributed by atoms with E-state index in [0.717, 1.165) is 28.3 Å². The Bertz CT molecular complexity index is 1640. The van der Waals surface area contributed by atoms with Crippen LogP contribution in [0.4, 0.5) is 11.4 Å². The van der Waals surface area contributed by atoms with Crippen molar-refractivity contribution in [3.05, 3.63) is 94.4 Å². The van der Waals surface area contributed by atoms with E-state index >= 15 is 0 Å². The van der Waals surface area contributed by atoms with Crippen LogP contribution < -0.4 is 4.90 Å². The van der Waals surface area contributed by atoms with E-state index in [1.54, 1.807) is 0 Å². The van der Waals surface area contributed by atoms with Crippen LogP contribution in [0.15, 0.2) is 83.2 Å². The number of allylic oxidation sites excluding steroid dienone is 2. The van der Waals surface area contributed by atoms with Crippen molar-refractivity contribution in [2.75, 3.05) is 18.5 Å². The summed E-state index contributed by atoms with van der Waals surface area (Å²) in [5, 5.41) is 0.591. The largest absolute Gasteiger partial charge is 0.398 e. The van der Waals surface area contributed by atoms with E-state index in [2.05, 4.69) is 65.9 Å². The van der Waals surface area contributed by atoms with Crippen LogP contribution in [0.2, 0.25) is 0 Å². The van der Waals surface area contributed by atoms with Crippen molar-refractivity contribution in [3.8, 4) is 0 Å². The number of carbonyl (C=O) groups is 3. The fourth-order valence-electron chi connectivity index (χ4n) is 6.44. The SMILES string of the molecule is CN1C2=C=C=C=C=CC3=[N+](CC(=O)ON4C(=O)CCC4=O)c4ccccc4C3(C)CC2(C)c2ccccc21. The lowest BCUT2D eigenvalue weighted by atomic mass is 9.65. The quantitative estimate of drug-likeness (QED) is 0.360. The van der Waals surface area contributed by atoms with Crippen molar-refractivity contribution in [1.29, 1.82) is 0 Å². The molecule has 7 heteroatoms. The Morgan fingerprint density at radius 3 is 2.42 bits per heavy atom. The molecule has 0 saturated carbocycles. The minimum absolute atomic E-state index is 0.0475. The van der Waals surface area contributed by atoms with Gasteiger partial charge in [-0.05, 0) is 49.1 Å². The third-order valence-electron chi connectivity index (χ3n) is 8.08. The molecule has 0 bridgehead atoms. The third-order valence-corrected chi connectivity index (χ3v) is 8.08. The van der Waals surface area contributed by atoms with Crippen LogP contribution in [0.1, 0.15) is 44.2 Å². The molecule has 4 aliphatic rings. The highest BCUT2D eigenvalue weighted by molar-refractivity contribution is 6.04. The molecule has 0 aromatic heterocycles. The molecule has 188 valence electrons. The first-order valence-electron chi connectivity index (χ1n) is 12.6. The first kappa shape index (κ1) is 23.8. The maximum absolute atomic E-state index is 13.1. The Kier molecular flexibility index (Phi) is 5.29. The second kappa shape index (κ2) is 8.46. The van der Waals surface area contributed by atoms with Crippen molar-refractivity contribution < 1.29 is 23.8 Å². The summed E-state index contributed by atoms with van der Waals surface area (Å²) in [6.45, 7) is 4.23. The molecular weight excluding hydrogens is 478 g/mol. The Hall–Kier alpha value is -4.62. The molecule has 38 heavy (non-hydrogen) atoms. The van der Waals surface area contributed by atoms with Crippen molar-refractivity contribution in [2.24, 2.45) is 0 Å². The van der Waals surface area contributed by atoms with E-state index < -0.39 is 28.6 Å². The fraction of sp³-hybridized carbons (Fsp3) is 0.290. The van der Waals surface area contributed by atoms with Gasteiger partial charge in [-0.1, -0.05) is 42.1 Å². The van der Waals surface area contributed by atoms with E-state index in [1.807, 2.05) is 42.0 Å². The lowest BCUT2D eigenvalue weighted by Gasteiger charge is -2.34. The highest BCUT2D eigenvalue weighted by atomic mass is 16.7. The van der Waals surface area contributed by atoms with Gasteiger partial charge in [0.1, 0.15) is 0 Å². The first-order valence-corrected chi connectivity index (χ1v) is 12.6. The lowest BCUT2D eigenvalue weighted by molar-refractivity contribution is -0.430. The number of para-hydroxylation sites is 2. The maximum Gasteiger partial charge on any atom is 0.398 e. The second-order valence-electron chi connectivity index (χ2n) is 10.5. The Labute approximate surface area is 220 Å². The molecule has 0 N–H and O–H groups in total. The smallest absolute Gasteiger partial charge is 0.340 e. The van der Waals surface area contributed by atoms with E-state index in [4.69, 9.17) is 4.84 Å². The zero-order valence-corrected chi connectivity index (χ0v) is 21.5. The van der Waals surface area contributed by atoms with Gasteiger partial charge in [-0.25, -0.2) is 4.79 Å². The average molecular weight is 505 g/mol. The molecule has 3 aliphatic heterocycles. The summed E-state index contributed by atoms with van der Waals surface area (Å²) in [4.78, 5) is 44.5. The summed E-state index contributed by atoms with van der Waals surface area (Å²) in [7, 11) is 2.04. The summed E-state index contributed by atoms with van der Waals surface area (Å²) in [5.74, 6) is -1.70. The fourth-order valence-corrected chi connectivity index (χ4v) is 6.44. The van der Waals surface area contributed by atoms with Crippen molar-refractivity contribution >= 4 is 34.9 Å². The van der Waals surface area contributed by atoms with Gasteiger partial charge in [0.15, 0.2) is 0 Å². The first-order chi connectivity index (χ1) is 18.2. The van der Waals surface area contributed by atoms with Gasteiger partial charge in [0, 0.05) is 42.6 Å². The van der Waals surface area contributed by atoms with E-state index in [9.17, 15) is 14.4 Å². The maximum atomic E-state index is 13.1. The normalized spacial score (nSPS) is 24.9. The van der Waals surface area contributed by atoms with Crippen molar-refractivity contribution in [2.45, 2.75) is 43.9 Å². The summed E-state index contributed by atoms with van der Waals surface area (Å²) < 4.78 is 1.89. The number of anilines is 1. The molecule has 3 heterocycles. The van der Waals surface area contributed by atoms with Gasteiger partial charge in [-0.2, -0.15) is 4.58 Å². The van der Waals surface area contributed by atoms with Gasteiger partial charge >= 0.3 is 5.97 Å². The summed E-state index contributed by atoms with van der Waals surface area (Å²) in [5.41, 5.74) is 17.5. The number of hydrogen-bond acceptors (Lipinski definition) is 5. The number of benzene rings is 2. The van der Waals surface area contributed by atoms with Crippen LogP contribution in [0.3, 0.4) is 0 Å². The third kappa shape index (κ3) is 3.39. The summed E-state index contributed by atoms with van der Waals surface area (Å²) in [6, 6.07) is 16.3. The zero-order valence-electron chi connectivity index (χ0n) is 21.5. The van der Waals surface area contributed by atoms with E-state index in [1.165, 1.54) is 5.56 Å². The van der Waals surface area contributed by atoms with Crippen LogP contribution in [0.5, 0.6) is 0 Å². The minimum Gasteiger partial charge on any atom is -0.340 e. The number of imide groups is 1. The van der Waals surface area contributed by atoms with E-state index in [0.29, 0.717) is 11.5 Å². The van der Waals surface area contributed by atoms with Crippen LogP contribution in [-0.2, 0) is 30.1 Å². The molecule has 1 saturated heterocycles. The van der Waals surface area contributed by atoms with Gasteiger partial charge in [0.2, 0.25) is 17.9 Å². The molecular formula is C31H26N3O4+. The molecule has 2 atom stereocenters. The molecule has 2 aromatic carbocycles. The van der Waals surface area contributed by atoms with Gasteiger partial charge in [0.25, 0.3) is 11.8 Å². The molecule has 2 amide bonds. The topological polar surface area (TPSA) is 69.9 Å². The number of fused-ring (bicyclic) bond motifs is 6. The van der Waals surface area contributed by atoms with Crippen molar-refractivity contribution in [1.82, 2.24) is 5.06 Å². The van der Waals surface area contributed by atoms with Crippen LogP contribution in [0, 0.1) is 0 Å².